The number of methoxy groups -OCH3 is 1. The van der Waals surface area contributed by atoms with Crippen LogP contribution in [0.5, 0.6) is 5.75 Å². The molecule has 1 N–H and O–H groups in total. The molecular formula is C18H24N4O3S. The van der Waals surface area contributed by atoms with Gasteiger partial charge >= 0.3 is 0 Å². The molecule has 2 heterocycles. The maximum Gasteiger partial charge on any atom is 0.244 e. The van der Waals surface area contributed by atoms with Gasteiger partial charge in [0.2, 0.25) is 10.0 Å². The van der Waals surface area contributed by atoms with Crippen LogP contribution in [0.2, 0.25) is 0 Å². The van der Waals surface area contributed by atoms with Gasteiger partial charge in [-0.05, 0) is 49.9 Å². The first-order valence-corrected chi connectivity index (χ1v) is 10.2. The second kappa shape index (κ2) is 8.01. The zero-order valence-corrected chi connectivity index (χ0v) is 15.9. The molecule has 0 saturated carbocycles. The van der Waals surface area contributed by atoms with Gasteiger partial charge in [0.05, 0.1) is 13.7 Å². The fourth-order valence-corrected chi connectivity index (χ4v) is 4.24. The SMILES string of the molecule is COc1ccc(C)cc1S(=O)(=O)NCc1nccc(N2CCCCC2)n1. The Morgan fingerprint density at radius 3 is 2.69 bits per heavy atom. The Kier molecular flexibility index (Phi) is 5.73. The fourth-order valence-electron chi connectivity index (χ4n) is 3.00. The van der Waals surface area contributed by atoms with Gasteiger partial charge in [-0.1, -0.05) is 6.07 Å². The Hall–Kier alpha value is -2.19. The maximum absolute atomic E-state index is 12.7. The molecule has 26 heavy (non-hydrogen) atoms. The van der Waals surface area contributed by atoms with Crippen LogP contribution in [0.1, 0.15) is 30.7 Å². The molecule has 1 fully saturated rings. The molecule has 140 valence electrons. The van der Waals surface area contributed by atoms with E-state index in [0.717, 1.165) is 37.3 Å². The van der Waals surface area contributed by atoms with E-state index in [2.05, 4.69) is 19.6 Å². The van der Waals surface area contributed by atoms with E-state index in [1.807, 2.05) is 19.1 Å². The summed E-state index contributed by atoms with van der Waals surface area (Å²) in [6.45, 7) is 3.82. The first-order chi connectivity index (χ1) is 12.5. The zero-order chi connectivity index (χ0) is 18.6. The van der Waals surface area contributed by atoms with Crippen LogP contribution in [0, 0.1) is 6.92 Å². The molecule has 0 spiro atoms. The number of hydrogen-bond acceptors (Lipinski definition) is 6. The second-order valence-electron chi connectivity index (χ2n) is 6.36. The van der Waals surface area contributed by atoms with Crippen LogP contribution < -0.4 is 14.4 Å². The summed E-state index contributed by atoms with van der Waals surface area (Å²) in [5, 5.41) is 0. The molecule has 1 aliphatic rings. The number of aromatic nitrogens is 2. The van der Waals surface area contributed by atoms with Crippen LogP contribution in [0.4, 0.5) is 5.82 Å². The van der Waals surface area contributed by atoms with Crippen LogP contribution >= 0.6 is 0 Å². The van der Waals surface area contributed by atoms with Gasteiger partial charge in [-0.3, -0.25) is 0 Å². The normalized spacial score (nSPS) is 15.1. The van der Waals surface area contributed by atoms with Crippen molar-refractivity contribution in [3.63, 3.8) is 0 Å². The van der Waals surface area contributed by atoms with Crippen molar-refractivity contribution in [1.29, 1.82) is 0 Å². The molecule has 2 aromatic rings. The highest BCUT2D eigenvalue weighted by Gasteiger charge is 2.20. The molecule has 0 amide bonds. The van der Waals surface area contributed by atoms with Gasteiger partial charge in [-0.15, -0.1) is 0 Å². The van der Waals surface area contributed by atoms with Crippen LogP contribution in [-0.2, 0) is 16.6 Å². The van der Waals surface area contributed by atoms with Crippen molar-refractivity contribution in [2.75, 3.05) is 25.1 Å². The average molecular weight is 376 g/mol. The topological polar surface area (TPSA) is 84.4 Å². The molecule has 1 aliphatic heterocycles. The number of nitrogens with zero attached hydrogens (tertiary/aromatic N) is 3. The lowest BCUT2D eigenvalue weighted by molar-refractivity contribution is 0.402. The van der Waals surface area contributed by atoms with Crippen molar-refractivity contribution >= 4 is 15.8 Å². The molecular weight excluding hydrogens is 352 g/mol. The van der Waals surface area contributed by atoms with Crippen LogP contribution in [-0.4, -0.2) is 38.6 Å². The lowest BCUT2D eigenvalue weighted by Gasteiger charge is -2.27. The summed E-state index contributed by atoms with van der Waals surface area (Å²) in [5.41, 5.74) is 0.842. The minimum absolute atomic E-state index is 0.0289. The third-order valence-electron chi connectivity index (χ3n) is 4.40. The molecule has 1 aromatic carbocycles. The average Bonchev–Trinajstić information content (AvgIpc) is 2.67. The van der Waals surface area contributed by atoms with Crippen LogP contribution in [0.3, 0.4) is 0 Å². The highest BCUT2D eigenvalue weighted by Crippen LogP contribution is 2.24. The van der Waals surface area contributed by atoms with Crippen LogP contribution in [0.15, 0.2) is 35.4 Å². The predicted molar refractivity (Wildman–Crippen MR) is 99.9 cm³/mol. The monoisotopic (exact) mass is 376 g/mol. The Balaban J connectivity index is 1.75. The molecule has 0 radical (unpaired) electrons. The number of hydrogen-bond donors (Lipinski definition) is 1. The molecule has 1 saturated heterocycles. The van der Waals surface area contributed by atoms with Gasteiger partial charge in [0.15, 0.2) is 0 Å². The smallest absolute Gasteiger partial charge is 0.244 e. The van der Waals surface area contributed by atoms with Gasteiger partial charge < -0.3 is 9.64 Å². The predicted octanol–water partition coefficient (Wildman–Crippen LogP) is 2.26. The van der Waals surface area contributed by atoms with E-state index in [1.54, 1.807) is 18.3 Å². The number of benzene rings is 1. The van der Waals surface area contributed by atoms with Crippen molar-refractivity contribution in [3.8, 4) is 5.75 Å². The minimum Gasteiger partial charge on any atom is -0.495 e. The molecule has 0 atom stereocenters. The van der Waals surface area contributed by atoms with E-state index >= 15 is 0 Å². The summed E-state index contributed by atoms with van der Waals surface area (Å²) in [4.78, 5) is 11.0. The van der Waals surface area contributed by atoms with Gasteiger partial charge in [0.25, 0.3) is 0 Å². The van der Waals surface area contributed by atoms with Crippen LogP contribution in [0.25, 0.3) is 0 Å². The highest BCUT2D eigenvalue weighted by atomic mass is 32.2. The first-order valence-electron chi connectivity index (χ1n) is 8.71. The second-order valence-corrected chi connectivity index (χ2v) is 8.09. The number of nitrogens with one attached hydrogen (secondary N) is 1. The molecule has 0 aliphatic carbocycles. The molecule has 0 bridgehead atoms. The number of ether oxygens (including phenoxy) is 1. The number of anilines is 1. The Labute approximate surface area is 154 Å². The van der Waals surface area contributed by atoms with Crippen molar-refractivity contribution in [1.82, 2.24) is 14.7 Å². The van der Waals surface area contributed by atoms with Crippen molar-refractivity contribution in [2.45, 2.75) is 37.6 Å². The first kappa shape index (κ1) is 18.6. The fraction of sp³-hybridized carbons (Fsp3) is 0.444. The van der Waals surface area contributed by atoms with Crippen molar-refractivity contribution < 1.29 is 13.2 Å². The van der Waals surface area contributed by atoms with Crippen molar-refractivity contribution in [2.24, 2.45) is 0 Å². The lowest BCUT2D eigenvalue weighted by Crippen LogP contribution is -2.31. The van der Waals surface area contributed by atoms with E-state index in [9.17, 15) is 8.42 Å². The molecule has 8 heteroatoms. The summed E-state index contributed by atoms with van der Waals surface area (Å²) in [7, 11) is -2.28. The minimum atomic E-state index is -3.73. The van der Waals surface area contributed by atoms with E-state index in [1.165, 1.54) is 13.5 Å². The maximum atomic E-state index is 12.7. The van der Waals surface area contributed by atoms with Gasteiger partial charge in [-0.25, -0.2) is 23.1 Å². The third kappa shape index (κ3) is 4.31. The molecule has 7 nitrogen and oxygen atoms in total. The Morgan fingerprint density at radius 1 is 1.19 bits per heavy atom. The van der Waals surface area contributed by atoms with Gasteiger partial charge in [0.1, 0.15) is 22.3 Å². The largest absolute Gasteiger partial charge is 0.495 e. The summed E-state index contributed by atoms with van der Waals surface area (Å²) in [5.74, 6) is 1.61. The van der Waals surface area contributed by atoms with E-state index < -0.39 is 10.0 Å². The van der Waals surface area contributed by atoms with E-state index in [4.69, 9.17) is 4.74 Å². The van der Waals surface area contributed by atoms with Gasteiger partial charge in [-0.2, -0.15) is 0 Å². The van der Waals surface area contributed by atoms with E-state index in [0.29, 0.717) is 11.6 Å². The van der Waals surface area contributed by atoms with E-state index in [-0.39, 0.29) is 11.4 Å². The highest BCUT2D eigenvalue weighted by molar-refractivity contribution is 7.89. The van der Waals surface area contributed by atoms with Gasteiger partial charge in [0, 0.05) is 19.3 Å². The zero-order valence-electron chi connectivity index (χ0n) is 15.1. The summed E-state index contributed by atoms with van der Waals surface area (Å²) < 4.78 is 33.1. The quantitative estimate of drug-likeness (QED) is 0.832. The number of sulfonamides is 1. The molecule has 0 unspecified atom stereocenters. The summed E-state index contributed by atoms with van der Waals surface area (Å²) in [6, 6.07) is 6.92. The third-order valence-corrected chi connectivity index (χ3v) is 5.82. The Morgan fingerprint density at radius 2 is 1.96 bits per heavy atom. The molecule has 1 aromatic heterocycles. The lowest BCUT2D eigenvalue weighted by atomic mass is 10.1. The summed E-state index contributed by atoms with van der Waals surface area (Å²) >= 11 is 0. The number of aryl methyl sites for hydroxylation is 1. The summed E-state index contributed by atoms with van der Waals surface area (Å²) in [6.07, 6.45) is 5.22. The Bertz CT molecular complexity index is 864. The standard InChI is InChI=1S/C18H24N4O3S/c1-14-6-7-15(25-2)16(12-14)26(23,24)20-13-17-19-9-8-18(21-17)22-10-4-3-5-11-22/h6-9,12,20H,3-5,10-11,13H2,1-2H3. The number of piperidine rings is 1. The van der Waals surface area contributed by atoms with Crippen molar-refractivity contribution in [3.05, 3.63) is 41.9 Å². The number of rotatable bonds is 6. The molecule has 3 rings (SSSR count).